The molecule has 2 aliphatic rings. The minimum atomic E-state index is 0.150. The maximum Gasteiger partial charge on any atom is 0.116 e. The van der Waals surface area contributed by atoms with Crippen LogP contribution in [0.4, 0.5) is 0 Å². The molecule has 0 atom stereocenters. The van der Waals surface area contributed by atoms with E-state index >= 15 is 0 Å². The lowest BCUT2D eigenvalue weighted by Gasteiger charge is -2.07. The number of phenolic OH excluding ortho intramolecular Hbond substituents is 3. The highest BCUT2D eigenvalue weighted by atomic mass is 16.3. The highest BCUT2D eigenvalue weighted by Crippen LogP contribution is 2.39. The molecule has 7 aromatic rings. The number of aryl methyl sites for hydroxylation is 2. The van der Waals surface area contributed by atoms with Crippen LogP contribution in [-0.2, 0) is 12.8 Å². The third kappa shape index (κ3) is 5.51. The number of aromatic amines is 2. The van der Waals surface area contributed by atoms with Crippen LogP contribution in [0.5, 0.6) is 17.2 Å². The number of benzene rings is 4. The van der Waals surface area contributed by atoms with Crippen molar-refractivity contribution in [3.8, 4) is 61.8 Å². The topological polar surface area (TPSA) is 118 Å². The van der Waals surface area contributed by atoms with E-state index in [0.29, 0.717) is 12.1 Å². The van der Waals surface area contributed by atoms with Gasteiger partial charge in [-0.1, -0.05) is 66.7 Å². The second-order valence-electron chi connectivity index (χ2n) is 12.8. The second kappa shape index (κ2) is 12.2. The van der Waals surface area contributed by atoms with Gasteiger partial charge in [0, 0.05) is 44.3 Å². The third-order valence-corrected chi connectivity index (χ3v) is 9.51. The zero-order chi connectivity index (χ0) is 34.5. The zero-order valence-electron chi connectivity index (χ0n) is 27.4. The number of aromatic nitrogens is 4. The largest absolute Gasteiger partial charge is 0.508 e. The first kappa shape index (κ1) is 30.2. The van der Waals surface area contributed by atoms with Crippen LogP contribution in [-0.4, -0.2) is 35.3 Å². The minimum Gasteiger partial charge on any atom is -0.508 e. The van der Waals surface area contributed by atoms with Crippen LogP contribution < -0.4 is 0 Å². The van der Waals surface area contributed by atoms with Gasteiger partial charge in [0.2, 0.25) is 0 Å². The van der Waals surface area contributed by atoms with Crippen LogP contribution in [0.3, 0.4) is 0 Å². The molecule has 0 saturated heterocycles. The number of nitrogens with one attached hydrogen (secondary N) is 2. The lowest BCUT2D eigenvalue weighted by molar-refractivity contribution is 0.475. The lowest BCUT2D eigenvalue weighted by Crippen LogP contribution is -1.89. The molecule has 0 fully saturated rings. The van der Waals surface area contributed by atoms with Crippen LogP contribution in [0, 0.1) is 0 Å². The molecule has 0 saturated carbocycles. The van der Waals surface area contributed by atoms with Gasteiger partial charge < -0.3 is 25.3 Å². The van der Waals surface area contributed by atoms with Gasteiger partial charge in [-0.05, 0) is 108 Å². The molecule has 7 nitrogen and oxygen atoms in total. The summed E-state index contributed by atoms with van der Waals surface area (Å²) < 4.78 is 0. The van der Waals surface area contributed by atoms with Crippen molar-refractivity contribution in [1.29, 1.82) is 0 Å². The van der Waals surface area contributed by atoms with Crippen LogP contribution in [0.2, 0.25) is 0 Å². The van der Waals surface area contributed by atoms with Crippen LogP contribution >= 0.6 is 0 Å². The molecular weight excluding hydrogens is 633 g/mol. The summed E-state index contributed by atoms with van der Waals surface area (Å²) in [5.41, 5.74) is 13.8. The highest BCUT2D eigenvalue weighted by Gasteiger charge is 2.21. The average Bonchev–Trinajstić information content (AvgIpc) is 3.97. The number of phenols is 3. The van der Waals surface area contributed by atoms with Crippen LogP contribution in [0.25, 0.3) is 78.7 Å². The number of fused-ring (bicyclic) bond motifs is 8. The van der Waals surface area contributed by atoms with Crippen molar-refractivity contribution in [2.75, 3.05) is 0 Å². The van der Waals surface area contributed by atoms with Gasteiger partial charge in [0.05, 0.1) is 22.8 Å². The maximum absolute atomic E-state index is 10.6. The first-order chi connectivity index (χ1) is 25.0. The van der Waals surface area contributed by atoms with Crippen molar-refractivity contribution in [3.05, 3.63) is 150 Å². The average molecular weight is 665 g/mol. The summed E-state index contributed by atoms with van der Waals surface area (Å²) in [7, 11) is 0. The van der Waals surface area contributed by atoms with E-state index < -0.39 is 0 Å². The molecule has 5 heterocycles. The molecule has 7 heteroatoms. The maximum atomic E-state index is 10.6. The van der Waals surface area contributed by atoms with Gasteiger partial charge in [-0.3, -0.25) is 4.98 Å². The fourth-order valence-electron chi connectivity index (χ4n) is 7.31. The number of rotatable bonds is 4. The molecule has 0 unspecified atom stereocenters. The molecule has 3 aromatic heterocycles. The summed E-state index contributed by atoms with van der Waals surface area (Å²) in [6.45, 7) is 0. The summed E-state index contributed by atoms with van der Waals surface area (Å²) in [6.07, 6.45) is 5.41. The van der Waals surface area contributed by atoms with Gasteiger partial charge in [-0.15, -0.1) is 0 Å². The van der Waals surface area contributed by atoms with Crippen LogP contribution in [0.15, 0.2) is 127 Å². The number of aromatic hydroxyl groups is 3. The van der Waals surface area contributed by atoms with E-state index in [9.17, 15) is 15.3 Å². The predicted molar refractivity (Wildman–Crippen MR) is 204 cm³/mol. The van der Waals surface area contributed by atoms with Crippen molar-refractivity contribution < 1.29 is 15.3 Å². The summed E-state index contributed by atoms with van der Waals surface area (Å²) in [5, 5.41) is 31.7. The van der Waals surface area contributed by atoms with Gasteiger partial charge >= 0.3 is 0 Å². The number of hydrogen-bond acceptors (Lipinski definition) is 5. The Morgan fingerprint density at radius 2 is 0.784 bits per heavy atom. The summed E-state index contributed by atoms with van der Waals surface area (Å²) in [5.74, 6) is 0.490. The first-order valence-corrected chi connectivity index (χ1v) is 16.9. The van der Waals surface area contributed by atoms with E-state index in [1.165, 1.54) is 0 Å². The Labute approximate surface area is 293 Å². The van der Waals surface area contributed by atoms with Gasteiger partial charge in [-0.25, -0.2) is 4.98 Å². The number of nitrogens with zero attached hydrogens (tertiary/aromatic N) is 2. The van der Waals surface area contributed by atoms with Crippen molar-refractivity contribution in [3.63, 3.8) is 0 Å². The standard InChI is InChI=1S/C44H32N4O3/c49-30-12-4-9-27(23-30)42-35-17-15-33(45-35)41(26-7-2-1-3-8-26)34-16-18-36(46-34)43(28-10-5-13-31(50)24-28)38-20-22-40(48-38)44(39-21-19-37(42)47-39)29-11-6-14-32(51)25-29/h1-15,17,19-25,45,48-51H,16,18H2. The van der Waals surface area contributed by atoms with E-state index in [1.54, 1.807) is 36.4 Å². The van der Waals surface area contributed by atoms with Gasteiger partial charge in [0.1, 0.15) is 17.2 Å². The molecule has 9 rings (SSSR count). The molecule has 5 N–H and O–H groups in total. The van der Waals surface area contributed by atoms with Gasteiger partial charge in [0.25, 0.3) is 0 Å². The van der Waals surface area contributed by atoms with E-state index in [1.807, 2.05) is 78.9 Å². The molecule has 0 radical (unpaired) electrons. The normalized spacial score (nSPS) is 12.3. The quantitative estimate of drug-likeness (QED) is 0.128. The van der Waals surface area contributed by atoms with Crippen molar-refractivity contribution >= 4 is 34.2 Å². The molecule has 4 aromatic carbocycles. The van der Waals surface area contributed by atoms with E-state index in [0.717, 1.165) is 90.1 Å². The molecule has 0 amide bonds. The van der Waals surface area contributed by atoms with E-state index in [2.05, 4.69) is 34.2 Å². The van der Waals surface area contributed by atoms with E-state index in [4.69, 9.17) is 9.97 Å². The first-order valence-electron chi connectivity index (χ1n) is 16.9. The minimum absolute atomic E-state index is 0.150. The Hall–Kier alpha value is -6.86. The molecule has 8 bridgehead atoms. The third-order valence-electron chi connectivity index (χ3n) is 9.51. The van der Waals surface area contributed by atoms with Crippen molar-refractivity contribution in [2.24, 2.45) is 0 Å². The molecule has 246 valence electrons. The monoisotopic (exact) mass is 664 g/mol. The number of H-pyrrole nitrogens is 2. The smallest absolute Gasteiger partial charge is 0.116 e. The Balaban J connectivity index is 1.48. The fraction of sp³-hybridized carbons (Fsp3) is 0.0455. The molecular formula is C44H32N4O3. The van der Waals surface area contributed by atoms with Gasteiger partial charge in [-0.2, -0.15) is 0 Å². The molecule has 2 aliphatic heterocycles. The fourth-order valence-corrected chi connectivity index (χ4v) is 7.31. The van der Waals surface area contributed by atoms with E-state index in [-0.39, 0.29) is 17.2 Å². The van der Waals surface area contributed by atoms with Crippen LogP contribution in [0.1, 0.15) is 22.8 Å². The van der Waals surface area contributed by atoms with Crippen molar-refractivity contribution in [2.45, 2.75) is 12.8 Å². The van der Waals surface area contributed by atoms with Crippen molar-refractivity contribution in [1.82, 2.24) is 19.9 Å². The summed E-state index contributed by atoms with van der Waals surface area (Å²) in [6, 6.07) is 40.2. The SMILES string of the molecule is Oc1cccc(-c2c3nc(c(-c4cccc(O)c4)c4ccc([nH]4)c(-c4cccc(O)c4)c4nc(c(-c5ccccc5)c5ccc2[nH]5)CC4)C=C3)c1. The molecule has 0 aliphatic carbocycles. The second-order valence-corrected chi connectivity index (χ2v) is 12.8. The molecule has 0 spiro atoms. The Morgan fingerprint density at radius 1 is 0.392 bits per heavy atom. The van der Waals surface area contributed by atoms with Gasteiger partial charge in [0.15, 0.2) is 0 Å². The summed E-state index contributed by atoms with van der Waals surface area (Å²) in [4.78, 5) is 18.0. The predicted octanol–water partition coefficient (Wildman–Crippen LogP) is 10.1. The highest BCUT2D eigenvalue weighted by molar-refractivity contribution is 5.97. The zero-order valence-corrected chi connectivity index (χ0v) is 27.4. The lowest BCUT2D eigenvalue weighted by atomic mass is 10.0. The Bertz CT molecular complexity index is 2690. The molecule has 51 heavy (non-hydrogen) atoms. The number of hydrogen-bond donors (Lipinski definition) is 5. The summed E-state index contributed by atoms with van der Waals surface area (Å²) >= 11 is 0. The Kier molecular flexibility index (Phi) is 7.25. The Morgan fingerprint density at radius 3 is 1.24 bits per heavy atom.